The second-order valence-corrected chi connectivity index (χ2v) is 8.29. The van der Waals surface area contributed by atoms with Crippen molar-refractivity contribution in [3.05, 3.63) is 90.0 Å². The molecule has 0 spiro atoms. The molecule has 3 aromatic rings. The number of nitrogens with zero attached hydrogens (tertiary/aromatic N) is 3. The van der Waals surface area contributed by atoms with Crippen molar-refractivity contribution >= 4 is 17.4 Å². The first-order chi connectivity index (χ1) is 16.6. The molecule has 0 saturated carbocycles. The van der Waals surface area contributed by atoms with Crippen LogP contribution in [0.3, 0.4) is 0 Å². The normalized spacial score (nSPS) is 17.3. The van der Waals surface area contributed by atoms with Crippen molar-refractivity contribution < 1.29 is 19.4 Å². The average molecular weight is 460 g/mol. The zero-order chi connectivity index (χ0) is 23.9. The third-order valence-electron chi connectivity index (χ3n) is 5.90. The summed E-state index contributed by atoms with van der Waals surface area (Å²) in [4.78, 5) is 31.9. The number of imidazole rings is 1. The van der Waals surface area contributed by atoms with Crippen molar-refractivity contribution in [1.82, 2.24) is 14.5 Å². The molecule has 1 saturated heterocycles. The van der Waals surface area contributed by atoms with Crippen LogP contribution in [0.4, 0.5) is 0 Å². The Hall–Kier alpha value is -3.87. The summed E-state index contributed by atoms with van der Waals surface area (Å²) >= 11 is 0. The highest BCUT2D eigenvalue weighted by Crippen LogP contribution is 2.40. The lowest BCUT2D eigenvalue weighted by atomic mass is 9.95. The van der Waals surface area contributed by atoms with Gasteiger partial charge in [-0.05, 0) is 30.5 Å². The molecule has 34 heavy (non-hydrogen) atoms. The number of aromatic nitrogens is 2. The Kier molecular flexibility index (Phi) is 7.42. The van der Waals surface area contributed by atoms with Gasteiger partial charge in [-0.1, -0.05) is 55.8 Å². The van der Waals surface area contributed by atoms with E-state index in [2.05, 4.69) is 11.9 Å². The van der Waals surface area contributed by atoms with E-state index in [1.165, 1.54) is 0 Å². The summed E-state index contributed by atoms with van der Waals surface area (Å²) in [5.74, 6) is -0.773. The highest BCUT2D eigenvalue weighted by molar-refractivity contribution is 6.46. The number of hydrogen-bond donors (Lipinski definition) is 1. The molecule has 2 aromatic carbocycles. The van der Waals surface area contributed by atoms with E-state index in [4.69, 9.17) is 4.74 Å². The summed E-state index contributed by atoms with van der Waals surface area (Å²) in [7, 11) is 0. The van der Waals surface area contributed by atoms with Crippen molar-refractivity contribution in [3.63, 3.8) is 0 Å². The van der Waals surface area contributed by atoms with Gasteiger partial charge in [0.15, 0.2) is 0 Å². The van der Waals surface area contributed by atoms with E-state index in [0.29, 0.717) is 37.4 Å². The zero-order valence-electron chi connectivity index (χ0n) is 19.3. The van der Waals surface area contributed by atoms with Crippen molar-refractivity contribution in [2.45, 2.75) is 38.8 Å². The number of aliphatic hydroxyl groups is 1. The van der Waals surface area contributed by atoms with Gasteiger partial charge in [0.1, 0.15) is 11.5 Å². The van der Waals surface area contributed by atoms with Crippen LogP contribution in [-0.4, -0.2) is 44.4 Å². The topological polar surface area (TPSA) is 84.7 Å². The van der Waals surface area contributed by atoms with Gasteiger partial charge in [0, 0.05) is 31.0 Å². The van der Waals surface area contributed by atoms with Crippen molar-refractivity contribution in [2.24, 2.45) is 0 Å². The molecular formula is C27H29N3O4. The van der Waals surface area contributed by atoms with Gasteiger partial charge in [-0.3, -0.25) is 9.59 Å². The molecule has 4 rings (SSSR count). The van der Waals surface area contributed by atoms with E-state index in [9.17, 15) is 14.7 Å². The van der Waals surface area contributed by atoms with Gasteiger partial charge in [0.05, 0.1) is 24.5 Å². The predicted molar refractivity (Wildman–Crippen MR) is 129 cm³/mol. The maximum atomic E-state index is 13.1. The van der Waals surface area contributed by atoms with Crippen LogP contribution in [0.1, 0.15) is 43.4 Å². The van der Waals surface area contributed by atoms with Gasteiger partial charge in [0.25, 0.3) is 11.7 Å². The maximum absolute atomic E-state index is 13.1. The summed E-state index contributed by atoms with van der Waals surface area (Å²) in [6, 6.07) is 15.6. The molecule has 0 aliphatic carbocycles. The van der Waals surface area contributed by atoms with E-state index < -0.39 is 17.7 Å². The molecule has 7 nitrogen and oxygen atoms in total. The largest absolute Gasteiger partial charge is 0.507 e. The van der Waals surface area contributed by atoms with E-state index >= 15 is 0 Å². The van der Waals surface area contributed by atoms with Gasteiger partial charge in [0.2, 0.25) is 0 Å². The van der Waals surface area contributed by atoms with E-state index in [1.807, 2.05) is 41.1 Å². The number of aliphatic hydroxyl groups excluding tert-OH is 1. The molecule has 176 valence electrons. The van der Waals surface area contributed by atoms with Crippen LogP contribution in [0, 0.1) is 0 Å². The first-order valence-electron chi connectivity index (χ1n) is 11.6. The predicted octanol–water partition coefficient (Wildman–Crippen LogP) is 4.57. The number of Topliss-reactive ketones (excluding diaryl/α,β-unsaturated/α-hetero) is 1. The number of likely N-dealkylation sites (tertiary alicyclic amines) is 1. The number of benzene rings is 2. The molecule has 1 fully saturated rings. The third-order valence-corrected chi connectivity index (χ3v) is 5.90. The fourth-order valence-electron chi connectivity index (χ4n) is 4.16. The fraction of sp³-hybridized carbons (Fsp3) is 0.296. The number of aryl methyl sites for hydroxylation is 1. The number of unbranched alkanes of at least 4 members (excludes halogenated alkanes) is 1. The Bertz CT molecular complexity index is 1160. The number of rotatable bonds is 10. The lowest BCUT2D eigenvalue weighted by Crippen LogP contribution is -2.31. The van der Waals surface area contributed by atoms with Crippen LogP contribution in [0.15, 0.2) is 78.9 Å². The standard InChI is InChI=1S/C27H29N3O4/c1-2-3-17-34-22-12-7-11-21(18-22)24-23(25(31)20-9-5-4-6-10-20)26(32)27(33)30(24)15-8-14-29-16-13-28-19-29/h4-7,9-13,16,18-19,24,31H,2-3,8,14-15,17H2,1H3/b25-23+. The molecule has 1 aliphatic rings. The number of ether oxygens (including phenoxy) is 1. The molecule has 1 amide bonds. The van der Waals surface area contributed by atoms with Crippen LogP contribution in [0.5, 0.6) is 5.75 Å². The SMILES string of the molecule is CCCCOc1cccc(C2/C(=C(\O)c3ccccc3)C(=O)C(=O)N2CCCn2ccnc2)c1. The number of carbonyl (C=O) groups is 2. The highest BCUT2D eigenvalue weighted by atomic mass is 16.5. The summed E-state index contributed by atoms with van der Waals surface area (Å²) < 4.78 is 7.80. The summed E-state index contributed by atoms with van der Waals surface area (Å²) in [6.45, 7) is 3.71. The summed E-state index contributed by atoms with van der Waals surface area (Å²) in [6.07, 6.45) is 7.88. The zero-order valence-corrected chi connectivity index (χ0v) is 19.3. The number of hydrogen-bond acceptors (Lipinski definition) is 5. The van der Waals surface area contributed by atoms with Gasteiger partial charge < -0.3 is 19.3 Å². The average Bonchev–Trinajstić information content (AvgIpc) is 3.47. The van der Waals surface area contributed by atoms with Gasteiger partial charge >= 0.3 is 0 Å². The van der Waals surface area contributed by atoms with Gasteiger partial charge in [-0.2, -0.15) is 0 Å². The first kappa shape index (κ1) is 23.3. The Morgan fingerprint density at radius 1 is 1.06 bits per heavy atom. The molecule has 1 N–H and O–H groups in total. The second kappa shape index (κ2) is 10.8. The smallest absolute Gasteiger partial charge is 0.295 e. The van der Waals surface area contributed by atoms with E-state index in [1.54, 1.807) is 41.7 Å². The highest BCUT2D eigenvalue weighted by Gasteiger charge is 2.45. The molecular weight excluding hydrogens is 430 g/mol. The lowest BCUT2D eigenvalue weighted by molar-refractivity contribution is -0.139. The van der Waals surface area contributed by atoms with Crippen molar-refractivity contribution in [2.75, 3.05) is 13.2 Å². The van der Waals surface area contributed by atoms with E-state index in [-0.39, 0.29) is 11.3 Å². The molecule has 1 aliphatic heterocycles. The Morgan fingerprint density at radius 3 is 2.62 bits per heavy atom. The lowest BCUT2D eigenvalue weighted by Gasteiger charge is -2.26. The van der Waals surface area contributed by atoms with Crippen LogP contribution in [-0.2, 0) is 16.1 Å². The summed E-state index contributed by atoms with van der Waals surface area (Å²) in [5.41, 5.74) is 1.33. The van der Waals surface area contributed by atoms with Crippen molar-refractivity contribution in [3.8, 4) is 5.75 Å². The molecule has 0 radical (unpaired) electrons. The number of ketones is 1. The number of amides is 1. The molecule has 1 aromatic heterocycles. The Balaban J connectivity index is 1.70. The quantitative estimate of drug-likeness (QED) is 0.208. The minimum Gasteiger partial charge on any atom is -0.507 e. The van der Waals surface area contributed by atoms with Crippen LogP contribution < -0.4 is 4.74 Å². The van der Waals surface area contributed by atoms with E-state index in [0.717, 1.165) is 18.4 Å². The first-order valence-corrected chi connectivity index (χ1v) is 11.6. The van der Waals surface area contributed by atoms with Gasteiger partial charge in [-0.25, -0.2) is 4.98 Å². The Labute approximate surface area is 199 Å². The Morgan fingerprint density at radius 2 is 1.88 bits per heavy atom. The minimum atomic E-state index is -0.697. The minimum absolute atomic E-state index is 0.101. The van der Waals surface area contributed by atoms with Crippen molar-refractivity contribution in [1.29, 1.82) is 0 Å². The number of carbonyl (C=O) groups excluding carboxylic acids is 2. The van der Waals surface area contributed by atoms with Gasteiger partial charge in [-0.15, -0.1) is 0 Å². The fourth-order valence-corrected chi connectivity index (χ4v) is 4.16. The van der Waals surface area contributed by atoms with Crippen LogP contribution in [0.2, 0.25) is 0 Å². The summed E-state index contributed by atoms with van der Waals surface area (Å²) in [5, 5.41) is 11.1. The molecule has 0 bridgehead atoms. The molecule has 1 atom stereocenters. The maximum Gasteiger partial charge on any atom is 0.295 e. The monoisotopic (exact) mass is 459 g/mol. The third kappa shape index (κ3) is 5.03. The second-order valence-electron chi connectivity index (χ2n) is 8.29. The van der Waals surface area contributed by atoms with Crippen LogP contribution >= 0.6 is 0 Å². The molecule has 7 heteroatoms. The van der Waals surface area contributed by atoms with Crippen LogP contribution in [0.25, 0.3) is 5.76 Å². The molecule has 1 unspecified atom stereocenters. The molecule has 2 heterocycles.